The van der Waals surface area contributed by atoms with Crippen molar-refractivity contribution in [3.05, 3.63) is 54.0 Å². The topological polar surface area (TPSA) is 85.8 Å². The van der Waals surface area contributed by atoms with Crippen molar-refractivity contribution >= 4 is 22.8 Å². The summed E-state index contributed by atoms with van der Waals surface area (Å²) >= 11 is 0. The van der Waals surface area contributed by atoms with Crippen molar-refractivity contribution in [2.24, 2.45) is 0 Å². The standard InChI is InChI=1S/C16H17N5O/c1-11-8-12-4-2-3-5-14(12)21(11)7-6-18-15(22)13-9-19-16(17)20-10-13/h2-5,8-10H,6-7H2,1H3,(H,18,22)(H2,17,19,20). The normalized spacial score (nSPS) is 10.8. The number of carbonyl (C=O) groups excluding carboxylic acids is 1. The molecule has 6 nitrogen and oxygen atoms in total. The highest BCUT2D eigenvalue weighted by Gasteiger charge is 2.08. The van der Waals surface area contributed by atoms with Crippen LogP contribution >= 0.6 is 0 Å². The second kappa shape index (κ2) is 5.85. The maximum Gasteiger partial charge on any atom is 0.254 e. The molecule has 0 unspecified atom stereocenters. The third-order valence-corrected chi connectivity index (χ3v) is 3.57. The number of hydrogen-bond donors (Lipinski definition) is 2. The molecule has 0 saturated heterocycles. The number of amides is 1. The van der Waals surface area contributed by atoms with E-state index >= 15 is 0 Å². The van der Waals surface area contributed by atoms with E-state index in [1.807, 2.05) is 12.1 Å². The van der Waals surface area contributed by atoms with Crippen LogP contribution in [-0.2, 0) is 6.54 Å². The summed E-state index contributed by atoms with van der Waals surface area (Å²) < 4.78 is 2.19. The largest absolute Gasteiger partial charge is 0.368 e. The van der Waals surface area contributed by atoms with E-state index in [0.717, 1.165) is 0 Å². The molecule has 0 spiro atoms. The first-order chi connectivity index (χ1) is 10.6. The molecule has 0 atom stereocenters. The van der Waals surface area contributed by atoms with Crippen molar-refractivity contribution in [3.8, 4) is 0 Å². The predicted octanol–water partition coefficient (Wildman–Crippen LogP) is 1.75. The molecule has 0 aliphatic carbocycles. The highest BCUT2D eigenvalue weighted by Crippen LogP contribution is 2.18. The number of anilines is 1. The molecule has 0 radical (unpaired) electrons. The van der Waals surface area contributed by atoms with Crippen LogP contribution in [-0.4, -0.2) is 27.0 Å². The number of nitrogens with two attached hydrogens (primary N) is 1. The lowest BCUT2D eigenvalue weighted by Crippen LogP contribution is -2.27. The van der Waals surface area contributed by atoms with Gasteiger partial charge in [0.25, 0.3) is 5.91 Å². The monoisotopic (exact) mass is 295 g/mol. The molecule has 0 aliphatic heterocycles. The Morgan fingerprint density at radius 1 is 1.27 bits per heavy atom. The summed E-state index contributed by atoms with van der Waals surface area (Å²) in [6.45, 7) is 3.30. The van der Waals surface area contributed by atoms with E-state index in [0.29, 0.717) is 18.7 Å². The number of benzene rings is 1. The molecular weight excluding hydrogens is 278 g/mol. The Bertz CT molecular complexity index is 807. The number of aromatic nitrogens is 3. The van der Waals surface area contributed by atoms with Crippen LogP contribution in [0.4, 0.5) is 5.95 Å². The molecule has 2 aromatic heterocycles. The van der Waals surface area contributed by atoms with Crippen LogP contribution in [0.1, 0.15) is 16.1 Å². The Hall–Kier alpha value is -2.89. The Kier molecular flexibility index (Phi) is 3.74. The van der Waals surface area contributed by atoms with Crippen molar-refractivity contribution in [2.75, 3.05) is 12.3 Å². The lowest BCUT2D eigenvalue weighted by Gasteiger charge is -2.09. The molecule has 0 fully saturated rings. The zero-order valence-corrected chi connectivity index (χ0v) is 12.3. The fourth-order valence-corrected chi connectivity index (χ4v) is 2.48. The number of para-hydroxylation sites is 1. The zero-order valence-electron chi connectivity index (χ0n) is 12.3. The van der Waals surface area contributed by atoms with Crippen LogP contribution in [0.3, 0.4) is 0 Å². The lowest BCUT2D eigenvalue weighted by molar-refractivity contribution is 0.0951. The predicted molar refractivity (Wildman–Crippen MR) is 85.5 cm³/mol. The molecule has 3 N–H and O–H groups in total. The van der Waals surface area contributed by atoms with E-state index in [1.165, 1.54) is 29.0 Å². The van der Waals surface area contributed by atoms with E-state index in [2.05, 4.69) is 45.0 Å². The third-order valence-electron chi connectivity index (χ3n) is 3.57. The molecule has 2 heterocycles. The quantitative estimate of drug-likeness (QED) is 0.768. The van der Waals surface area contributed by atoms with Gasteiger partial charge in [-0.15, -0.1) is 0 Å². The van der Waals surface area contributed by atoms with Gasteiger partial charge >= 0.3 is 0 Å². The minimum absolute atomic E-state index is 0.158. The molecule has 3 rings (SSSR count). The minimum atomic E-state index is -0.200. The van der Waals surface area contributed by atoms with Crippen molar-refractivity contribution in [2.45, 2.75) is 13.5 Å². The molecule has 1 aromatic carbocycles. The van der Waals surface area contributed by atoms with Gasteiger partial charge in [0.2, 0.25) is 5.95 Å². The van der Waals surface area contributed by atoms with E-state index in [9.17, 15) is 4.79 Å². The third kappa shape index (κ3) is 2.76. The van der Waals surface area contributed by atoms with E-state index in [4.69, 9.17) is 5.73 Å². The van der Waals surface area contributed by atoms with Crippen molar-refractivity contribution < 1.29 is 4.79 Å². The molecule has 1 amide bonds. The van der Waals surface area contributed by atoms with Gasteiger partial charge in [0.1, 0.15) is 0 Å². The molecule has 0 saturated carbocycles. The molecule has 3 aromatic rings. The highest BCUT2D eigenvalue weighted by molar-refractivity contribution is 5.93. The number of carbonyl (C=O) groups is 1. The van der Waals surface area contributed by atoms with Crippen molar-refractivity contribution in [1.29, 1.82) is 0 Å². The van der Waals surface area contributed by atoms with Gasteiger partial charge in [0, 0.05) is 36.7 Å². The summed E-state index contributed by atoms with van der Waals surface area (Å²) in [5.41, 5.74) is 8.15. The average Bonchev–Trinajstić information content (AvgIpc) is 2.84. The number of nitrogen functional groups attached to an aromatic ring is 1. The molecular formula is C16H17N5O. The van der Waals surface area contributed by atoms with Crippen LogP contribution in [0.25, 0.3) is 10.9 Å². The van der Waals surface area contributed by atoms with E-state index < -0.39 is 0 Å². The maximum absolute atomic E-state index is 12.0. The lowest BCUT2D eigenvalue weighted by atomic mass is 10.2. The van der Waals surface area contributed by atoms with Gasteiger partial charge in [0.15, 0.2) is 0 Å². The Morgan fingerprint density at radius 2 is 2.00 bits per heavy atom. The summed E-state index contributed by atoms with van der Waals surface area (Å²) in [6.07, 6.45) is 2.85. The van der Waals surface area contributed by atoms with Gasteiger partial charge in [0.05, 0.1) is 5.56 Å². The van der Waals surface area contributed by atoms with Gasteiger partial charge < -0.3 is 15.6 Å². The molecule has 6 heteroatoms. The highest BCUT2D eigenvalue weighted by atomic mass is 16.1. The van der Waals surface area contributed by atoms with E-state index in [-0.39, 0.29) is 11.9 Å². The number of nitrogens with zero attached hydrogens (tertiary/aromatic N) is 3. The summed E-state index contributed by atoms with van der Waals surface area (Å²) in [4.78, 5) is 19.6. The first kappa shape index (κ1) is 14.1. The summed E-state index contributed by atoms with van der Waals surface area (Å²) in [5, 5.41) is 4.07. The molecule has 0 aliphatic rings. The Labute approximate surface area is 128 Å². The number of nitrogens with one attached hydrogen (secondary N) is 1. The minimum Gasteiger partial charge on any atom is -0.368 e. The Morgan fingerprint density at radius 3 is 2.77 bits per heavy atom. The van der Waals surface area contributed by atoms with Crippen LogP contribution in [0.5, 0.6) is 0 Å². The van der Waals surface area contributed by atoms with Crippen LogP contribution in [0.2, 0.25) is 0 Å². The van der Waals surface area contributed by atoms with Crippen molar-refractivity contribution in [1.82, 2.24) is 19.9 Å². The molecule has 22 heavy (non-hydrogen) atoms. The zero-order chi connectivity index (χ0) is 15.5. The summed E-state index contributed by atoms with van der Waals surface area (Å²) in [5.74, 6) is -0.0416. The Balaban J connectivity index is 1.66. The van der Waals surface area contributed by atoms with E-state index in [1.54, 1.807) is 0 Å². The van der Waals surface area contributed by atoms with Gasteiger partial charge in [-0.3, -0.25) is 4.79 Å². The molecule has 112 valence electrons. The van der Waals surface area contributed by atoms with Gasteiger partial charge in [-0.05, 0) is 24.4 Å². The summed E-state index contributed by atoms with van der Waals surface area (Å²) in [7, 11) is 0. The second-order valence-corrected chi connectivity index (χ2v) is 5.08. The fraction of sp³-hybridized carbons (Fsp3) is 0.188. The maximum atomic E-state index is 12.0. The molecule has 0 bridgehead atoms. The van der Waals surface area contributed by atoms with Crippen LogP contribution < -0.4 is 11.1 Å². The SMILES string of the molecule is Cc1cc2ccccc2n1CCNC(=O)c1cnc(N)nc1. The van der Waals surface area contributed by atoms with Gasteiger partial charge in [-0.1, -0.05) is 18.2 Å². The smallest absolute Gasteiger partial charge is 0.254 e. The number of rotatable bonds is 4. The first-order valence-corrected chi connectivity index (χ1v) is 7.06. The van der Waals surface area contributed by atoms with Gasteiger partial charge in [-0.2, -0.15) is 0 Å². The first-order valence-electron chi connectivity index (χ1n) is 7.06. The van der Waals surface area contributed by atoms with Crippen LogP contribution in [0.15, 0.2) is 42.7 Å². The fourth-order valence-electron chi connectivity index (χ4n) is 2.48. The van der Waals surface area contributed by atoms with Gasteiger partial charge in [-0.25, -0.2) is 9.97 Å². The number of hydrogen-bond acceptors (Lipinski definition) is 4. The second-order valence-electron chi connectivity index (χ2n) is 5.08. The average molecular weight is 295 g/mol. The van der Waals surface area contributed by atoms with Crippen LogP contribution in [0, 0.1) is 6.92 Å². The number of aryl methyl sites for hydroxylation is 1. The number of fused-ring (bicyclic) bond motifs is 1. The summed E-state index contributed by atoms with van der Waals surface area (Å²) in [6, 6.07) is 10.4. The van der Waals surface area contributed by atoms with Crippen molar-refractivity contribution in [3.63, 3.8) is 0 Å².